The molecule has 1 saturated carbocycles. The number of alkyl halides is 5. The molecule has 1 aliphatic carbocycles. The number of nitrogens with one attached hydrogen (secondary N) is 1. The molecule has 2 aliphatic rings. The molecule has 154 valence electrons. The summed E-state index contributed by atoms with van der Waals surface area (Å²) in [6.07, 6.45) is -8.05. The van der Waals surface area contributed by atoms with Gasteiger partial charge in [0.15, 0.2) is 5.78 Å². The van der Waals surface area contributed by atoms with Crippen LogP contribution in [0.25, 0.3) is 0 Å². The van der Waals surface area contributed by atoms with Gasteiger partial charge >= 0.3 is 6.18 Å². The van der Waals surface area contributed by atoms with Gasteiger partial charge < -0.3 is 9.52 Å². The van der Waals surface area contributed by atoms with E-state index >= 15 is 0 Å². The van der Waals surface area contributed by atoms with Gasteiger partial charge in [-0.2, -0.15) is 13.2 Å². The molecule has 5 nitrogen and oxygen atoms in total. The number of furan rings is 1. The fraction of sp³-hybridized carbons (Fsp3) is 0.529. The Kier molecular flexibility index (Phi) is 5.48. The van der Waals surface area contributed by atoms with Gasteiger partial charge in [0.2, 0.25) is 5.76 Å². The van der Waals surface area contributed by atoms with Crippen LogP contribution in [-0.2, 0) is 27.4 Å². The number of dihydropyridines is 1. The summed E-state index contributed by atoms with van der Waals surface area (Å²) < 4.78 is 79.5. The van der Waals surface area contributed by atoms with Crippen LogP contribution in [0.2, 0.25) is 0 Å². The Labute approximate surface area is 159 Å². The van der Waals surface area contributed by atoms with E-state index in [1.165, 1.54) is 0 Å². The maximum Gasteiger partial charge on any atom is 0.449 e. The van der Waals surface area contributed by atoms with E-state index in [4.69, 9.17) is 4.78 Å². The molecule has 1 aromatic heterocycles. The third kappa shape index (κ3) is 3.76. The van der Waals surface area contributed by atoms with Crippen molar-refractivity contribution >= 4 is 21.5 Å². The van der Waals surface area contributed by atoms with Crippen molar-refractivity contribution in [3.8, 4) is 0 Å². The van der Waals surface area contributed by atoms with E-state index < -0.39 is 58.5 Å². The molecule has 0 aromatic carbocycles. The van der Waals surface area contributed by atoms with Gasteiger partial charge in [0, 0.05) is 0 Å². The van der Waals surface area contributed by atoms with E-state index in [2.05, 4.69) is 9.41 Å². The number of rotatable bonds is 3. The number of aliphatic hydroxyl groups excluding tert-OH is 1. The molecule has 1 fully saturated rings. The predicted octanol–water partition coefficient (Wildman–Crippen LogP) is 4.45. The molecule has 0 spiro atoms. The number of hydrogen-bond acceptors (Lipinski definition) is 5. The van der Waals surface area contributed by atoms with Crippen LogP contribution in [0.5, 0.6) is 0 Å². The van der Waals surface area contributed by atoms with E-state index in [-0.39, 0.29) is 35.0 Å². The SMILES string of the molecule is CC(=O)C1=C(O)C2C(N=C1S(=N)Cc1ccc(C(F)(F)F)o1)[C@@H](F)CC[C@H]2F. The average Bonchev–Trinajstić information content (AvgIpc) is 3.06. The zero-order valence-corrected chi connectivity index (χ0v) is 15.4. The molecule has 0 bridgehead atoms. The van der Waals surface area contributed by atoms with Crippen molar-refractivity contribution < 1.29 is 36.3 Å². The first kappa shape index (κ1) is 20.7. The molecular weight excluding hydrogens is 407 g/mol. The number of carbonyl (C=O) groups is 1. The minimum absolute atomic E-state index is 0.110. The molecule has 5 atom stereocenters. The van der Waals surface area contributed by atoms with Gasteiger partial charge in [0.1, 0.15) is 28.9 Å². The van der Waals surface area contributed by atoms with Crippen LogP contribution < -0.4 is 0 Å². The first-order valence-corrected chi connectivity index (χ1v) is 9.78. The highest BCUT2D eigenvalue weighted by Crippen LogP contribution is 2.40. The number of hydrogen-bond donors (Lipinski definition) is 2. The number of halogens is 5. The molecule has 3 unspecified atom stereocenters. The highest BCUT2D eigenvalue weighted by molar-refractivity contribution is 8.01. The maximum atomic E-state index is 14.3. The first-order valence-electron chi connectivity index (χ1n) is 8.39. The number of aliphatic hydroxyl groups is 1. The largest absolute Gasteiger partial charge is 0.511 e. The molecule has 11 heteroatoms. The summed E-state index contributed by atoms with van der Waals surface area (Å²) in [5.74, 6) is -4.37. The van der Waals surface area contributed by atoms with E-state index in [0.29, 0.717) is 0 Å². The molecule has 2 N–H and O–H groups in total. The van der Waals surface area contributed by atoms with Crippen molar-refractivity contribution in [2.75, 3.05) is 0 Å². The summed E-state index contributed by atoms with van der Waals surface area (Å²) in [5.41, 5.74) is -0.362. The van der Waals surface area contributed by atoms with Crippen molar-refractivity contribution in [3.05, 3.63) is 35.0 Å². The molecule has 0 saturated heterocycles. The lowest BCUT2D eigenvalue weighted by molar-refractivity contribution is -0.153. The second-order valence-corrected chi connectivity index (χ2v) is 8.13. The average molecular weight is 424 g/mol. The van der Waals surface area contributed by atoms with Gasteiger partial charge in [0.05, 0.1) is 23.3 Å². The monoisotopic (exact) mass is 424 g/mol. The van der Waals surface area contributed by atoms with Crippen LogP contribution in [0.1, 0.15) is 31.3 Å². The molecule has 0 amide bonds. The van der Waals surface area contributed by atoms with Crippen LogP contribution in [-0.4, -0.2) is 34.3 Å². The summed E-state index contributed by atoms with van der Waals surface area (Å²) in [6, 6.07) is 0.498. The zero-order valence-electron chi connectivity index (χ0n) is 14.6. The Bertz CT molecular complexity index is 876. The van der Waals surface area contributed by atoms with Crippen molar-refractivity contribution in [2.45, 2.75) is 50.1 Å². The van der Waals surface area contributed by atoms with Crippen LogP contribution >= 0.6 is 0 Å². The Morgan fingerprint density at radius 3 is 2.54 bits per heavy atom. The second kappa shape index (κ2) is 7.41. The number of carbonyl (C=O) groups excluding carboxylic acids is 1. The van der Waals surface area contributed by atoms with E-state index in [9.17, 15) is 31.9 Å². The normalized spacial score (nSPS) is 29.3. The lowest BCUT2D eigenvalue weighted by Crippen LogP contribution is -2.46. The zero-order chi connectivity index (χ0) is 20.8. The standard InChI is InChI=1S/C17H17F5N2O3S/c1-7(25)12-15(26)13-9(18)3-4-10(19)14(13)24-16(12)28(23)6-8-2-5-11(27-8)17(20,21)22/h2,5,9-10,13-14,23,26H,3-4,6H2,1H3/t9-,10+,13?,14?,28?/m1/s1. The minimum Gasteiger partial charge on any atom is -0.511 e. The Hall–Kier alpha value is -2.04. The number of Topliss-reactive ketones (excluding diaryl/α,β-unsaturated/α-hetero) is 1. The molecule has 1 aromatic rings. The quantitative estimate of drug-likeness (QED) is 0.703. The van der Waals surface area contributed by atoms with E-state index in [1.54, 1.807) is 0 Å². The van der Waals surface area contributed by atoms with Crippen LogP contribution in [0.4, 0.5) is 22.0 Å². The number of aliphatic imine (C=N–C) groups is 1. The predicted molar refractivity (Wildman–Crippen MR) is 91.6 cm³/mol. The summed E-state index contributed by atoms with van der Waals surface area (Å²) in [7, 11) is -1.72. The Balaban J connectivity index is 1.94. The van der Waals surface area contributed by atoms with Crippen molar-refractivity contribution in [1.82, 2.24) is 0 Å². The van der Waals surface area contributed by atoms with Gasteiger partial charge in [-0.1, -0.05) is 0 Å². The molecule has 28 heavy (non-hydrogen) atoms. The fourth-order valence-electron chi connectivity index (χ4n) is 3.41. The first-order chi connectivity index (χ1) is 13.0. The van der Waals surface area contributed by atoms with Crippen LogP contribution in [0, 0.1) is 10.7 Å². The van der Waals surface area contributed by atoms with Gasteiger partial charge in [-0.3, -0.25) is 14.6 Å². The highest BCUT2D eigenvalue weighted by atomic mass is 32.2. The van der Waals surface area contributed by atoms with Crippen LogP contribution in [0.3, 0.4) is 0 Å². The number of ketones is 1. The molecule has 2 heterocycles. The van der Waals surface area contributed by atoms with Gasteiger partial charge in [-0.25, -0.2) is 8.78 Å². The lowest BCUT2D eigenvalue weighted by Gasteiger charge is -2.37. The van der Waals surface area contributed by atoms with E-state index in [0.717, 1.165) is 19.1 Å². The third-order valence-corrected chi connectivity index (χ3v) is 6.06. The van der Waals surface area contributed by atoms with Crippen LogP contribution in [0.15, 0.2) is 32.9 Å². The summed E-state index contributed by atoms with van der Waals surface area (Å²) in [6.45, 7) is 1.09. The number of nitrogens with zero attached hydrogens (tertiary/aromatic N) is 1. The maximum absolute atomic E-state index is 14.3. The molecule has 1 aliphatic heterocycles. The van der Waals surface area contributed by atoms with Gasteiger partial charge in [-0.05, 0) is 42.6 Å². The summed E-state index contributed by atoms with van der Waals surface area (Å²) >= 11 is 0. The number of fused-ring (bicyclic) bond motifs is 1. The third-order valence-electron chi connectivity index (χ3n) is 4.71. The van der Waals surface area contributed by atoms with Crippen molar-refractivity contribution in [1.29, 1.82) is 4.78 Å². The topological polar surface area (TPSA) is 86.6 Å². The molecule has 0 radical (unpaired) electrons. The van der Waals surface area contributed by atoms with Gasteiger partial charge in [0.25, 0.3) is 0 Å². The minimum atomic E-state index is -4.68. The molecule has 3 rings (SSSR count). The smallest absolute Gasteiger partial charge is 0.449 e. The summed E-state index contributed by atoms with van der Waals surface area (Å²) in [4.78, 5) is 16.1. The Morgan fingerprint density at radius 1 is 1.32 bits per heavy atom. The van der Waals surface area contributed by atoms with Crippen molar-refractivity contribution in [2.24, 2.45) is 10.9 Å². The van der Waals surface area contributed by atoms with Gasteiger partial charge in [-0.15, -0.1) is 0 Å². The van der Waals surface area contributed by atoms with Crippen molar-refractivity contribution in [3.63, 3.8) is 0 Å². The Morgan fingerprint density at radius 2 is 1.96 bits per heavy atom. The van der Waals surface area contributed by atoms with E-state index in [1.807, 2.05) is 0 Å². The fourth-order valence-corrected chi connectivity index (χ4v) is 4.73. The second-order valence-electron chi connectivity index (χ2n) is 6.68. The summed E-state index contributed by atoms with van der Waals surface area (Å²) in [5, 5.41) is 10.2. The lowest BCUT2D eigenvalue weighted by atomic mass is 9.78. The highest BCUT2D eigenvalue weighted by Gasteiger charge is 2.47. The molecular formula is C17H17F5N2O3S.